The number of anilines is 2. The number of hydrogen-bond donors (Lipinski definition) is 1. The van der Waals surface area contributed by atoms with E-state index in [4.69, 9.17) is 0 Å². The summed E-state index contributed by atoms with van der Waals surface area (Å²) < 4.78 is 0. The van der Waals surface area contributed by atoms with Crippen molar-refractivity contribution in [2.45, 2.75) is 6.54 Å². The number of aromatic nitrogens is 1. The van der Waals surface area contributed by atoms with E-state index in [-0.39, 0.29) is 5.69 Å². The smallest absolute Gasteiger partial charge is 0.354 e. The number of carboxylic acid groups (broad SMARTS) is 1. The fourth-order valence-electron chi connectivity index (χ4n) is 2.69. The normalized spacial score (nSPS) is 14.0. The standard InChI is InChI=1S/C16H17N3O2/c1-18-9-10-19(14-7-3-2-6-13(14)18)11-12-5-4-8-17-15(12)16(20)21/h2-8H,9-11H2,1H3,(H,20,21). The third-order valence-electron chi connectivity index (χ3n) is 3.79. The third kappa shape index (κ3) is 2.54. The maximum atomic E-state index is 11.3. The van der Waals surface area contributed by atoms with E-state index in [0.29, 0.717) is 6.54 Å². The van der Waals surface area contributed by atoms with Crippen LogP contribution in [-0.2, 0) is 6.54 Å². The van der Waals surface area contributed by atoms with Gasteiger partial charge in [-0.15, -0.1) is 0 Å². The number of hydrogen-bond acceptors (Lipinski definition) is 4. The minimum Gasteiger partial charge on any atom is -0.477 e. The number of carbonyl (C=O) groups is 1. The van der Waals surface area contributed by atoms with Gasteiger partial charge in [0.2, 0.25) is 0 Å². The lowest BCUT2D eigenvalue weighted by atomic mass is 10.1. The summed E-state index contributed by atoms with van der Waals surface area (Å²) in [4.78, 5) is 19.7. The minimum absolute atomic E-state index is 0.133. The topological polar surface area (TPSA) is 56.7 Å². The summed E-state index contributed by atoms with van der Waals surface area (Å²) in [6, 6.07) is 11.8. The van der Waals surface area contributed by atoms with Crippen LogP contribution in [-0.4, -0.2) is 36.2 Å². The lowest BCUT2D eigenvalue weighted by Gasteiger charge is -2.37. The van der Waals surface area contributed by atoms with Gasteiger partial charge in [0.25, 0.3) is 0 Å². The Labute approximate surface area is 123 Å². The number of pyridine rings is 1. The summed E-state index contributed by atoms with van der Waals surface area (Å²) >= 11 is 0. The highest BCUT2D eigenvalue weighted by atomic mass is 16.4. The molecule has 0 saturated heterocycles. The van der Waals surface area contributed by atoms with Gasteiger partial charge in [-0.05, 0) is 18.2 Å². The van der Waals surface area contributed by atoms with Crippen LogP contribution in [0.5, 0.6) is 0 Å². The predicted octanol–water partition coefficient (Wildman–Crippen LogP) is 2.24. The predicted molar refractivity (Wildman–Crippen MR) is 82.0 cm³/mol. The highest BCUT2D eigenvalue weighted by Crippen LogP contribution is 2.32. The Hall–Kier alpha value is -2.56. The Bertz CT molecular complexity index is 672. The second-order valence-electron chi connectivity index (χ2n) is 5.15. The molecule has 0 amide bonds. The first-order chi connectivity index (χ1) is 10.2. The zero-order valence-electron chi connectivity index (χ0n) is 11.9. The molecule has 0 fully saturated rings. The summed E-state index contributed by atoms with van der Waals surface area (Å²) in [5.74, 6) is -0.979. The molecular weight excluding hydrogens is 266 g/mol. The first kappa shape index (κ1) is 13.4. The van der Waals surface area contributed by atoms with Crippen molar-refractivity contribution >= 4 is 17.3 Å². The van der Waals surface area contributed by atoms with Gasteiger partial charge in [-0.3, -0.25) is 0 Å². The van der Waals surface area contributed by atoms with Crippen LogP contribution in [0.4, 0.5) is 11.4 Å². The van der Waals surface area contributed by atoms with Crippen molar-refractivity contribution in [1.29, 1.82) is 0 Å². The molecule has 0 unspecified atom stereocenters. The molecule has 1 aliphatic heterocycles. The van der Waals surface area contributed by atoms with Crippen molar-refractivity contribution in [2.75, 3.05) is 29.9 Å². The number of nitrogens with zero attached hydrogens (tertiary/aromatic N) is 3. The van der Waals surface area contributed by atoms with Crippen LogP contribution in [0.1, 0.15) is 16.1 Å². The quantitative estimate of drug-likeness (QED) is 0.936. The van der Waals surface area contributed by atoms with Crippen molar-refractivity contribution in [3.63, 3.8) is 0 Å². The highest BCUT2D eigenvalue weighted by molar-refractivity contribution is 5.87. The molecule has 1 aliphatic rings. The second kappa shape index (κ2) is 5.44. The van der Waals surface area contributed by atoms with Gasteiger partial charge in [0.05, 0.1) is 11.4 Å². The number of para-hydroxylation sites is 2. The highest BCUT2D eigenvalue weighted by Gasteiger charge is 2.21. The zero-order valence-corrected chi connectivity index (χ0v) is 11.9. The van der Waals surface area contributed by atoms with E-state index < -0.39 is 5.97 Å². The molecular formula is C16H17N3O2. The molecule has 0 atom stereocenters. The van der Waals surface area contributed by atoms with Gasteiger partial charge in [-0.1, -0.05) is 18.2 Å². The Kier molecular flexibility index (Phi) is 3.48. The molecule has 0 spiro atoms. The summed E-state index contributed by atoms with van der Waals surface area (Å²) in [7, 11) is 2.07. The van der Waals surface area contributed by atoms with Crippen LogP contribution in [0.3, 0.4) is 0 Å². The summed E-state index contributed by atoms with van der Waals surface area (Å²) in [6.45, 7) is 2.33. The van der Waals surface area contributed by atoms with E-state index in [1.165, 1.54) is 11.9 Å². The molecule has 5 heteroatoms. The molecule has 2 heterocycles. The lowest BCUT2D eigenvalue weighted by molar-refractivity contribution is 0.0689. The van der Waals surface area contributed by atoms with E-state index >= 15 is 0 Å². The van der Waals surface area contributed by atoms with Gasteiger partial charge in [0, 0.05) is 38.4 Å². The van der Waals surface area contributed by atoms with E-state index in [1.807, 2.05) is 18.2 Å². The number of fused-ring (bicyclic) bond motifs is 1. The maximum absolute atomic E-state index is 11.3. The fraction of sp³-hybridized carbons (Fsp3) is 0.250. The average molecular weight is 283 g/mol. The van der Waals surface area contributed by atoms with E-state index in [2.05, 4.69) is 34.0 Å². The van der Waals surface area contributed by atoms with Gasteiger partial charge in [0.15, 0.2) is 5.69 Å². The van der Waals surface area contributed by atoms with Gasteiger partial charge in [0.1, 0.15) is 0 Å². The molecule has 0 aliphatic carbocycles. The lowest BCUT2D eigenvalue weighted by Crippen LogP contribution is -2.39. The molecule has 108 valence electrons. The van der Waals surface area contributed by atoms with Crippen LogP contribution in [0.25, 0.3) is 0 Å². The molecule has 21 heavy (non-hydrogen) atoms. The Morgan fingerprint density at radius 2 is 1.95 bits per heavy atom. The first-order valence-electron chi connectivity index (χ1n) is 6.89. The molecule has 1 aromatic heterocycles. The van der Waals surface area contributed by atoms with Gasteiger partial charge in [-0.2, -0.15) is 0 Å². The molecule has 5 nitrogen and oxygen atoms in total. The van der Waals surface area contributed by atoms with Crippen LogP contribution >= 0.6 is 0 Å². The van der Waals surface area contributed by atoms with Crippen LogP contribution in [0.2, 0.25) is 0 Å². The molecule has 0 radical (unpaired) electrons. The van der Waals surface area contributed by atoms with E-state index in [1.54, 1.807) is 6.07 Å². The van der Waals surface area contributed by atoms with Crippen molar-refractivity contribution in [3.8, 4) is 0 Å². The Morgan fingerprint density at radius 3 is 2.71 bits per heavy atom. The van der Waals surface area contributed by atoms with E-state index in [0.717, 1.165) is 24.3 Å². The minimum atomic E-state index is -0.979. The monoisotopic (exact) mass is 283 g/mol. The van der Waals surface area contributed by atoms with Crippen molar-refractivity contribution < 1.29 is 9.90 Å². The number of rotatable bonds is 3. The summed E-state index contributed by atoms with van der Waals surface area (Å²) in [5, 5.41) is 9.24. The molecule has 2 aromatic rings. The summed E-state index contributed by atoms with van der Waals surface area (Å²) in [6.07, 6.45) is 1.52. The number of aromatic carboxylic acids is 1. The first-order valence-corrected chi connectivity index (χ1v) is 6.89. The Balaban J connectivity index is 1.93. The number of carboxylic acids is 1. The van der Waals surface area contributed by atoms with Crippen molar-refractivity contribution in [1.82, 2.24) is 4.98 Å². The average Bonchev–Trinajstić information content (AvgIpc) is 2.51. The SMILES string of the molecule is CN1CCN(Cc2cccnc2C(=O)O)c2ccccc21. The molecule has 1 N–H and O–H groups in total. The third-order valence-corrected chi connectivity index (χ3v) is 3.79. The zero-order chi connectivity index (χ0) is 14.8. The van der Waals surface area contributed by atoms with Crippen molar-refractivity contribution in [2.24, 2.45) is 0 Å². The molecule has 0 saturated carbocycles. The fourth-order valence-corrected chi connectivity index (χ4v) is 2.69. The number of benzene rings is 1. The van der Waals surface area contributed by atoms with E-state index in [9.17, 15) is 9.90 Å². The van der Waals surface area contributed by atoms with Crippen molar-refractivity contribution in [3.05, 3.63) is 53.9 Å². The van der Waals surface area contributed by atoms with Gasteiger partial charge < -0.3 is 14.9 Å². The second-order valence-corrected chi connectivity index (χ2v) is 5.15. The maximum Gasteiger partial charge on any atom is 0.354 e. The van der Waals surface area contributed by atoms with Crippen LogP contribution in [0, 0.1) is 0 Å². The molecule has 1 aromatic carbocycles. The number of likely N-dealkylation sites (N-methyl/N-ethyl adjacent to an activating group) is 1. The van der Waals surface area contributed by atoms with Crippen LogP contribution in [0.15, 0.2) is 42.6 Å². The summed E-state index contributed by atoms with van der Waals surface area (Å²) in [5.41, 5.74) is 3.18. The largest absolute Gasteiger partial charge is 0.477 e. The van der Waals surface area contributed by atoms with Crippen LogP contribution < -0.4 is 9.80 Å². The van der Waals surface area contributed by atoms with Gasteiger partial charge in [-0.25, -0.2) is 9.78 Å². The molecule has 0 bridgehead atoms. The Morgan fingerprint density at radius 1 is 1.19 bits per heavy atom. The van der Waals surface area contributed by atoms with Gasteiger partial charge >= 0.3 is 5.97 Å². The molecule has 3 rings (SSSR count).